The molecular weight excluding hydrogens is 126 g/mol. The second kappa shape index (κ2) is 4.38. The highest BCUT2D eigenvalue weighted by molar-refractivity contribution is 5.97. The highest BCUT2D eigenvalue weighted by Gasteiger charge is 1.90. The van der Waals surface area contributed by atoms with Crippen LogP contribution in [0, 0.1) is 5.41 Å². The maximum absolute atomic E-state index is 6.99. The van der Waals surface area contributed by atoms with Gasteiger partial charge < -0.3 is 11.5 Å². The van der Waals surface area contributed by atoms with E-state index in [1.165, 1.54) is 12.3 Å². The number of hydrogen-bond donors (Lipinski definition) is 3. The molecule has 0 aliphatic rings. The smallest absolute Gasteiger partial charge is 0.122 e. The van der Waals surface area contributed by atoms with Gasteiger partial charge in [-0.05, 0) is 18.4 Å². The first-order valence-corrected chi connectivity index (χ1v) is 2.77. The summed E-state index contributed by atoms with van der Waals surface area (Å²) < 4.78 is 0. The van der Waals surface area contributed by atoms with Gasteiger partial charge in [0.05, 0.1) is 0 Å². The number of amidine groups is 1. The molecule has 54 valence electrons. The van der Waals surface area contributed by atoms with Crippen LogP contribution in [0.4, 0.5) is 0 Å². The van der Waals surface area contributed by atoms with E-state index in [0.717, 1.165) is 0 Å². The molecule has 0 amide bonds. The summed E-state index contributed by atoms with van der Waals surface area (Å²) in [6, 6.07) is 0. The van der Waals surface area contributed by atoms with Crippen molar-refractivity contribution < 1.29 is 0 Å². The zero-order valence-electron chi connectivity index (χ0n) is 5.67. The normalized spacial score (nSPS) is 11.8. The molecule has 0 fully saturated rings. The van der Waals surface area contributed by atoms with E-state index in [0.29, 0.717) is 5.57 Å². The van der Waals surface area contributed by atoms with Crippen LogP contribution in [0.2, 0.25) is 0 Å². The van der Waals surface area contributed by atoms with E-state index in [9.17, 15) is 0 Å². The van der Waals surface area contributed by atoms with Crippen molar-refractivity contribution in [1.82, 2.24) is 0 Å². The van der Waals surface area contributed by atoms with Gasteiger partial charge in [-0.1, -0.05) is 12.7 Å². The van der Waals surface area contributed by atoms with Gasteiger partial charge in [-0.3, -0.25) is 5.41 Å². The summed E-state index contributed by atoms with van der Waals surface area (Å²) in [5, 5.41) is 6.99. The van der Waals surface area contributed by atoms with Crippen molar-refractivity contribution in [3.05, 3.63) is 36.6 Å². The van der Waals surface area contributed by atoms with Crippen LogP contribution in [0.15, 0.2) is 36.6 Å². The first kappa shape index (κ1) is 8.49. The van der Waals surface area contributed by atoms with Crippen molar-refractivity contribution in [2.75, 3.05) is 0 Å². The van der Waals surface area contributed by atoms with Crippen molar-refractivity contribution in [1.29, 1.82) is 5.41 Å². The Bertz CT molecular complexity index is 189. The SMILES string of the molecule is C=C/C(=C\C=C/N)C(=N)N. The number of allylic oxidation sites excluding steroid dienone is 2. The molecule has 0 heterocycles. The molecule has 10 heavy (non-hydrogen) atoms. The molecule has 0 rings (SSSR count). The van der Waals surface area contributed by atoms with Gasteiger partial charge in [0.1, 0.15) is 5.84 Å². The van der Waals surface area contributed by atoms with Gasteiger partial charge in [0, 0.05) is 5.57 Å². The van der Waals surface area contributed by atoms with E-state index in [1.54, 1.807) is 12.2 Å². The Hall–Kier alpha value is -1.51. The molecule has 0 spiro atoms. The Morgan fingerprint density at radius 3 is 2.40 bits per heavy atom. The summed E-state index contributed by atoms with van der Waals surface area (Å²) in [7, 11) is 0. The summed E-state index contributed by atoms with van der Waals surface area (Å²) in [5.74, 6) is -0.00639. The zero-order valence-corrected chi connectivity index (χ0v) is 5.67. The second-order valence-corrected chi connectivity index (χ2v) is 1.62. The van der Waals surface area contributed by atoms with Crippen LogP contribution >= 0.6 is 0 Å². The average molecular weight is 137 g/mol. The van der Waals surface area contributed by atoms with Gasteiger partial charge in [0.15, 0.2) is 0 Å². The molecule has 0 aromatic carbocycles. The molecule has 3 nitrogen and oxygen atoms in total. The molecule has 0 saturated carbocycles. The zero-order chi connectivity index (χ0) is 7.98. The summed E-state index contributed by atoms with van der Waals surface area (Å²) in [6.07, 6.45) is 6.09. The minimum absolute atomic E-state index is 0.00639. The largest absolute Gasteiger partial charge is 0.405 e. The van der Waals surface area contributed by atoms with Crippen LogP contribution in [0.1, 0.15) is 0 Å². The van der Waals surface area contributed by atoms with E-state index >= 15 is 0 Å². The van der Waals surface area contributed by atoms with Crippen LogP contribution in [0.5, 0.6) is 0 Å². The number of nitrogens with one attached hydrogen (secondary N) is 1. The molecule has 0 atom stereocenters. The highest BCUT2D eigenvalue weighted by Crippen LogP contribution is 1.93. The Morgan fingerprint density at radius 1 is 1.50 bits per heavy atom. The standard InChI is InChI=1S/C7H11N3/c1-2-6(7(9)10)4-3-5-8/h2-5H,1,8H2,(H3,9,10)/b5-3-,6-4+. The molecule has 0 unspecified atom stereocenters. The average Bonchev–Trinajstić information content (AvgIpc) is 1.89. The monoisotopic (exact) mass is 137 g/mol. The van der Waals surface area contributed by atoms with E-state index < -0.39 is 0 Å². The lowest BCUT2D eigenvalue weighted by Gasteiger charge is -1.93. The quantitative estimate of drug-likeness (QED) is 0.301. The third-order valence-electron chi connectivity index (χ3n) is 0.918. The van der Waals surface area contributed by atoms with Crippen molar-refractivity contribution in [3.63, 3.8) is 0 Å². The number of rotatable bonds is 3. The maximum Gasteiger partial charge on any atom is 0.122 e. The lowest BCUT2D eigenvalue weighted by molar-refractivity contribution is 1.43. The fourth-order valence-electron chi connectivity index (χ4n) is 0.427. The Balaban J connectivity index is 4.33. The Morgan fingerprint density at radius 2 is 2.10 bits per heavy atom. The fourth-order valence-corrected chi connectivity index (χ4v) is 0.427. The van der Waals surface area contributed by atoms with Crippen molar-refractivity contribution in [3.8, 4) is 0 Å². The predicted molar refractivity (Wildman–Crippen MR) is 43.5 cm³/mol. The van der Waals surface area contributed by atoms with Crippen LogP contribution in [-0.4, -0.2) is 5.84 Å². The molecule has 3 heteroatoms. The van der Waals surface area contributed by atoms with Gasteiger partial charge in [-0.15, -0.1) is 0 Å². The van der Waals surface area contributed by atoms with Crippen LogP contribution < -0.4 is 11.5 Å². The topological polar surface area (TPSA) is 75.9 Å². The molecule has 0 aliphatic carbocycles. The van der Waals surface area contributed by atoms with Gasteiger partial charge in [-0.25, -0.2) is 0 Å². The summed E-state index contributed by atoms with van der Waals surface area (Å²) in [6.45, 7) is 3.47. The van der Waals surface area contributed by atoms with Crippen molar-refractivity contribution in [2.45, 2.75) is 0 Å². The summed E-state index contributed by atoms with van der Waals surface area (Å²) in [5.41, 5.74) is 10.8. The minimum atomic E-state index is -0.00639. The molecule has 0 radical (unpaired) electrons. The highest BCUT2D eigenvalue weighted by atomic mass is 14.7. The molecule has 0 saturated heterocycles. The lowest BCUT2D eigenvalue weighted by atomic mass is 10.2. The van der Waals surface area contributed by atoms with Gasteiger partial charge in [0.2, 0.25) is 0 Å². The van der Waals surface area contributed by atoms with E-state index in [-0.39, 0.29) is 5.84 Å². The summed E-state index contributed by atoms with van der Waals surface area (Å²) >= 11 is 0. The molecule has 0 aliphatic heterocycles. The van der Waals surface area contributed by atoms with Gasteiger partial charge in [0.25, 0.3) is 0 Å². The first-order valence-electron chi connectivity index (χ1n) is 2.77. The maximum atomic E-state index is 6.99. The van der Waals surface area contributed by atoms with Crippen LogP contribution in [0.25, 0.3) is 0 Å². The second-order valence-electron chi connectivity index (χ2n) is 1.62. The minimum Gasteiger partial charge on any atom is -0.405 e. The predicted octanol–water partition coefficient (Wildman–Crippen LogP) is 0.507. The van der Waals surface area contributed by atoms with Gasteiger partial charge >= 0.3 is 0 Å². The van der Waals surface area contributed by atoms with Crippen molar-refractivity contribution >= 4 is 5.84 Å². The third-order valence-corrected chi connectivity index (χ3v) is 0.918. The van der Waals surface area contributed by atoms with Gasteiger partial charge in [-0.2, -0.15) is 0 Å². The lowest BCUT2D eigenvalue weighted by Crippen LogP contribution is -2.10. The Kier molecular flexibility index (Phi) is 3.72. The third kappa shape index (κ3) is 2.71. The van der Waals surface area contributed by atoms with Crippen molar-refractivity contribution in [2.24, 2.45) is 11.5 Å². The first-order chi connectivity index (χ1) is 4.72. The molecule has 0 aromatic rings. The van der Waals surface area contributed by atoms with E-state index in [4.69, 9.17) is 16.9 Å². The van der Waals surface area contributed by atoms with E-state index in [1.807, 2.05) is 0 Å². The number of nitrogens with two attached hydrogens (primary N) is 2. The fraction of sp³-hybridized carbons (Fsp3) is 0. The van der Waals surface area contributed by atoms with Crippen LogP contribution in [0.3, 0.4) is 0 Å². The van der Waals surface area contributed by atoms with Crippen LogP contribution in [-0.2, 0) is 0 Å². The Labute approximate surface area is 60.2 Å². The molecular formula is C7H11N3. The molecule has 5 N–H and O–H groups in total. The molecule has 0 aromatic heterocycles. The number of hydrogen-bond acceptors (Lipinski definition) is 2. The summed E-state index contributed by atoms with van der Waals surface area (Å²) in [4.78, 5) is 0. The molecule has 0 bridgehead atoms. The van der Waals surface area contributed by atoms with E-state index in [2.05, 4.69) is 6.58 Å².